The van der Waals surface area contributed by atoms with Gasteiger partial charge in [0, 0.05) is 38.5 Å². The fraction of sp³-hybridized carbons (Fsp3) is 0.786. The summed E-state index contributed by atoms with van der Waals surface area (Å²) in [7, 11) is 1.60. The molecule has 3 heterocycles. The van der Waals surface area contributed by atoms with E-state index in [2.05, 4.69) is 15.3 Å². The number of nitrogens with zero attached hydrogens (tertiary/aromatic N) is 3. The summed E-state index contributed by atoms with van der Waals surface area (Å²) in [5, 5.41) is 8.50. The number of rotatable bonds is 2. The molecule has 3 aliphatic heterocycles. The quantitative estimate of drug-likeness (QED) is 0.792. The molecular formula is C14H22N4O2. The van der Waals surface area contributed by atoms with Crippen molar-refractivity contribution >= 4 is 17.5 Å². The van der Waals surface area contributed by atoms with E-state index < -0.39 is 0 Å². The Morgan fingerprint density at radius 3 is 2.90 bits per heavy atom. The van der Waals surface area contributed by atoms with Crippen molar-refractivity contribution in [3.8, 4) is 0 Å². The standard InChI is InChI=1S/C14H22N4O2/c1-17-13(19)6-5-11(16-17)14(20)15-10-7-9-18-8-3-2-4-12(10)18/h10,12H,2-9H2,1H3,(H,15,20). The molecule has 0 aromatic carbocycles. The number of hydrogen-bond donors (Lipinski definition) is 1. The summed E-state index contributed by atoms with van der Waals surface area (Å²) in [6.07, 6.45) is 5.57. The highest BCUT2D eigenvalue weighted by molar-refractivity contribution is 6.39. The topological polar surface area (TPSA) is 65.0 Å². The predicted octanol–water partition coefficient (Wildman–Crippen LogP) is 0.338. The molecule has 1 N–H and O–H groups in total. The lowest BCUT2D eigenvalue weighted by Crippen LogP contribution is -2.49. The minimum Gasteiger partial charge on any atom is -0.347 e. The molecule has 0 spiro atoms. The summed E-state index contributed by atoms with van der Waals surface area (Å²) in [5.41, 5.74) is 0.487. The average Bonchev–Trinajstić information content (AvgIpc) is 2.85. The molecule has 2 unspecified atom stereocenters. The number of carbonyl (C=O) groups excluding carboxylic acids is 2. The van der Waals surface area contributed by atoms with E-state index >= 15 is 0 Å². The zero-order valence-corrected chi connectivity index (χ0v) is 12.0. The third kappa shape index (κ3) is 2.57. The van der Waals surface area contributed by atoms with Gasteiger partial charge < -0.3 is 5.32 Å². The summed E-state index contributed by atoms with van der Waals surface area (Å²) >= 11 is 0. The predicted molar refractivity (Wildman–Crippen MR) is 75.2 cm³/mol. The fourth-order valence-corrected chi connectivity index (χ4v) is 3.50. The van der Waals surface area contributed by atoms with Gasteiger partial charge >= 0.3 is 0 Å². The zero-order valence-electron chi connectivity index (χ0n) is 12.0. The van der Waals surface area contributed by atoms with Crippen molar-refractivity contribution in [3.63, 3.8) is 0 Å². The maximum absolute atomic E-state index is 12.3. The molecule has 0 bridgehead atoms. The Morgan fingerprint density at radius 2 is 2.10 bits per heavy atom. The lowest BCUT2D eigenvalue weighted by atomic mass is 9.98. The van der Waals surface area contributed by atoms with Crippen molar-refractivity contribution in [2.24, 2.45) is 5.10 Å². The molecule has 2 amide bonds. The Morgan fingerprint density at radius 1 is 1.25 bits per heavy atom. The van der Waals surface area contributed by atoms with Crippen molar-refractivity contribution in [3.05, 3.63) is 0 Å². The van der Waals surface area contributed by atoms with Gasteiger partial charge in [0.15, 0.2) is 0 Å². The highest BCUT2D eigenvalue weighted by Gasteiger charge is 2.37. The van der Waals surface area contributed by atoms with E-state index in [0.717, 1.165) is 19.5 Å². The number of hydrazone groups is 1. The van der Waals surface area contributed by atoms with Gasteiger partial charge in [-0.25, -0.2) is 5.01 Å². The van der Waals surface area contributed by atoms with Crippen LogP contribution in [0.1, 0.15) is 38.5 Å². The molecule has 110 valence electrons. The molecule has 2 fully saturated rings. The third-order valence-corrected chi connectivity index (χ3v) is 4.64. The Labute approximate surface area is 119 Å². The van der Waals surface area contributed by atoms with Crippen LogP contribution in [-0.2, 0) is 9.59 Å². The minimum absolute atomic E-state index is 0.0270. The van der Waals surface area contributed by atoms with Gasteiger partial charge in [-0.15, -0.1) is 0 Å². The van der Waals surface area contributed by atoms with Gasteiger partial charge in [-0.2, -0.15) is 5.10 Å². The molecule has 6 heteroatoms. The Hall–Kier alpha value is -1.43. The Bertz CT molecular complexity index is 448. The second-order valence-corrected chi connectivity index (χ2v) is 5.93. The van der Waals surface area contributed by atoms with Crippen molar-refractivity contribution in [1.29, 1.82) is 0 Å². The molecule has 0 radical (unpaired) electrons. The summed E-state index contributed by atoms with van der Waals surface area (Å²) in [6.45, 7) is 2.25. The monoisotopic (exact) mass is 278 g/mol. The van der Waals surface area contributed by atoms with E-state index in [0.29, 0.717) is 24.6 Å². The largest absolute Gasteiger partial charge is 0.347 e. The van der Waals surface area contributed by atoms with Gasteiger partial charge in [0.25, 0.3) is 5.91 Å². The van der Waals surface area contributed by atoms with Gasteiger partial charge in [-0.05, 0) is 25.8 Å². The number of hydrogen-bond acceptors (Lipinski definition) is 4. The van der Waals surface area contributed by atoms with Crippen molar-refractivity contribution in [1.82, 2.24) is 15.2 Å². The summed E-state index contributed by atoms with van der Waals surface area (Å²) in [4.78, 5) is 26.2. The molecule has 20 heavy (non-hydrogen) atoms. The lowest BCUT2D eigenvalue weighted by Gasteiger charge is -2.32. The van der Waals surface area contributed by atoms with Gasteiger partial charge in [0.1, 0.15) is 5.71 Å². The molecular weight excluding hydrogens is 256 g/mol. The molecule has 0 aromatic heterocycles. The van der Waals surface area contributed by atoms with E-state index in [-0.39, 0.29) is 17.9 Å². The molecule has 0 aromatic rings. The number of fused-ring (bicyclic) bond motifs is 1. The van der Waals surface area contributed by atoms with Crippen molar-refractivity contribution < 1.29 is 9.59 Å². The normalized spacial score (nSPS) is 30.9. The highest BCUT2D eigenvalue weighted by atomic mass is 16.2. The van der Waals surface area contributed by atoms with Gasteiger partial charge in [-0.3, -0.25) is 14.5 Å². The first-order valence-corrected chi connectivity index (χ1v) is 7.54. The summed E-state index contributed by atoms with van der Waals surface area (Å²) in [6, 6.07) is 0.740. The Balaban J connectivity index is 1.62. The Kier molecular flexibility index (Phi) is 3.74. The van der Waals surface area contributed by atoms with E-state index in [1.807, 2.05) is 0 Å². The number of carbonyl (C=O) groups is 2. The van der Waals surface area contributed by atoms with Crippen molar-refractivity contribution in [2.75, 3.05) is 20.1 Å². The first kappa shape index (κ1) is 13.5. The van der Waals surface area contributed by atoms with Crippen LogP contribution in [-0.4, -0.2) is 59.7 Å². The second-order valence-electron chi connectivity index (χ2n) is 5.93. The van der Waals surface area contributed by atoms with Crippen LogP contribution in [0.25, 0.3) is 0 Å². The lowest BCUT2D eigenvalue weighted by molar-refractivity contribution is -0.130. The SMILES string of the molecule is CN1N=C(C(=O)NC2CCN3CCCCC23)CCC1=O. The van der Waals surface area contributed by atoms with Crippen LogP contribution in [0.5, 0.6) is 0 Å². The smallest absolute Gasteiger partial charge is 0.267 e. The fourth-order valence-electron chi connectivity index (χ4n) is 3.50. The molecule has 0 aliphatic carbocycles. The van der Waals surface area contributed by atoms with E-state index in [1.165, 1.54) is 24.3 Å². The molecule has 3 aliphatic rings. The maximum Gasteiger partial charge on any atom is 0.267 e. The van der Waals surface area contributed by atoms with E-state index in [1.54, 1.807) is 7.05 Å². The second kappa shape index (κ2) is 5.52. The van der Waals surface area contributed by atoms with Gasteiger partial charge in [0.2, 0.25) is 5.91 Å². The van der Waals surface area contributed by atoms with E-state index in [9.17, 15) is 9.59 Å². The molecule has 2 saturated heterocycles. The maximum atomic E-state index is 12.3. The van der Waals surface area contributed by atoms with Crippen LogP contribution in [0.2, 0.25) is 0 Å². The van der Waals surface area contributed by atoms with Gasteiger partial charge in [-0.1, -0.05) is 6.42 Å². The third-order valence-electron chi connectivity index (χ3n) is 4.64. The van der Waals surface area contributed by atoms with Crippen LogP contribution in [0.4, 0.5) is 0 Å². The highest BCUT2D eigenvalue weighted by Crippen LogP contribution is 2.27. The van der Waals surface area contributed by atoms with Crippen LogP contribution >= 0.6 is 0 Å². The summed E-state index contributed by atoms with van der Waals surface area (Å²) < 4.78 is 0. The van der Waals surface area contributed by atoms with Crippen molar-refractivity contribution in [2.45, 2.75) is 50.6 Å². The number of piperidine rings is 1. The van der Waals surface area contributed by atoms with E-state index in [4.69, 9.17) is 0 Å². The van der Waals surface area contributed by atoms with Gasteiger partial charge in [0.05, 0.1) is 0 Å². The summed E-state index contributed by atoms with van der Waals surface area (Å²) in [5.74, 6) is -0.123. The van der Waals surface area contributed by atoms with Crippen LogP contribution in [0.15, 0.2) is 5.10 Å². The van der Waals surface area contributed by atoms with Crippen LogP contribution in [0.3, 0.4) is 0 Å². The van der Waals surface area contributed by atoms with Crippen LogP contribution < -0.4 is 5.32 Å². The number of nitrogens with one attached hydrogen (secondary N) is 1. The van der Waals surface area contributed by atoms with Crippen LogP contribution in [0, 0.1) is 0 Å². The first-order chi connectivity index (χ1) is 9.65. The number of amides is 2. The first-order valence-electron chi connectivity index (χ1n) is 7.54. The molecule has 2 atom stereocenters. The minimum atomic E-state index is -0.0956. The molecule has 0 saturated carbocycles. The zero-order chi connectivity index (χ0) is 14.1. The molecule has 6 nitrogen and oxygen atoms in total. The molecule has 3 rings (SSSR count). The average molecular weight is 278 g/mol.